The molecule has 0 fully saturated rings. The monoisotopic (exact) mass is 466 g/mol. The van der Waals surface area contributed by atoms with Crippen LogP contribution in [0.25, 0.3) is 45.1 Å². The van der Waals surface area contributed by atoms with E-state index in [0.29, 0.717) is 34.4 Å². The van der Waals surface area contributed by atoms with Crippen LogP contribution in [0.15, 0.2) is 65.3 Å². The van der Waals surface area contributed by atoms with Gasteiger partial charge in [-0.05, 0) is 47.5 Å². The summed E-state index contributed by atoms with van der Waals surface area (Å²) in [5.74, 6) is -0.0618. The number of oxazole rings is 1. The number of hydrogen-bond acceptors (Lipinski definition) is 5. The van der Waals surface area contributed by atoms with Gasteiger partial charge in [-0.3, -0.25) is 4.79 Å². The highest BCUT2D eigenvalue weighted by Gasteiger charge is 2.35. The number of carbonyl (C=O) groups is 1. The van der Waals surface area contributed by atoms with E-state index in [0.717, 1.165) is 6.07 Å². The van der Waals surface area contributed by atoms with Gasteiger partial charge < -0.3 is 8.98 Å². The van der Waals surface area contributed by atoms with E-state index >= 15 is 0 Å². The Balaban J connectivity index is 1.66. The minimum Gasteiger partial charge on any atom is -0.435 e. The molecule has 0 atom stereocenters. The summed E-state index contributed by atoms with van der Waals surface area (Å²) in [6, 6.07) is 12.9. The molecule has 6 nitrogen and oxygen atoms in total. The zero-order chi connectivity index (χ0) is 24.0. The topological polar surface area (TPSA) is 73.8 Å². The zero-order valence-corrected chi connectivity index (χ0v) is 17.5. The highest BCUT2D eigenvalue weighted by molar-refractivity contribution is 5.88. The number of aryl methyl sites for hydroxylation is 1. The second-order valence-corrected chi connectivity index (χ2v) is 7.59. The third-order valence-corrected chi connectivity index (χ3v) is 5.31. The fraction of sp³-hybridized carbons (Fsp3) is 0.0833. The number of hydrogen-bond donors (Lipinski definition) is 0. The summed E-state index contributed by atoms with van der Waals surface area (Å²) in [6.07, 6.45) is -2.91. The summed E-state index contributed by atoms with van der Waals surface area (Å²) in [7, 11) is 1.73. The van der Waals surface area contributed by atoms with Crippen LogP contribution in [0, 0.1) is 5.82 Å². The number of nitrogens with zero attached hydrogens (tertiary/aromatic N) is 4. The summed E-state index contributed by atoms with van der Waals surface area (Å²) < 4.78 is 61.8. The van der Waals surface area contributed by atoms with E-state index in [4.69, 9.17) is 4.42 Å². The van der Waals surface area contributed by atoms with Gasteiger partial charge >= 0.3 is 6.18 Å². The molecule has 5 rings (SSSR count). The molecule has 0 bridgehead atoms. The molecule has 170 valence electrons. The molecule has 0 spiro atoms. The van der Waals surface area contributed by atoms with E-state index in [9.17, 15) is 22.4 Å². The second kappa shape index (κ2) is 7.91. The van der Waals surface area contributed by atoms with E-state index in [-0.39, 0.29) is 17.0 Å². The number of aromatic nitrogens is 4. The molecular weight excluding hydrogens is 452 g/mol. The van der Waals surface area contributed by atoms with Crippen molar-refractivity contribution in [2.24, 2.45) is 7.05 Å². The van der Waals surface area contributed by atoms with Gasteiger partial charge in [0.15, 0.2) is 11.4 Å². The van der Waals surface area contributed by atoms with Crippen molar-refractivity contribution in [3.63, 3.8) is 0 Å². The third kappa shape index (κ3) is 3.72. The average molecular weight is 466 g/mol. The molecule has 0 amide bonds. The number of benzene rings is 3. The van der Waals surface area contributed by atoms with Crippen LogP contribution >= 0.6 is 0 Å². The minimum absolute atomic E-state index is 0.0484. The lowest BCUT2D eigenvalue weighted by molar-refractivity contribution is -0.136. The normalized spacial score (nSPS) is 11.8. The van der Waals surface area contributed by atoms with Crippen molar-refractivity contribution in [2.45, 2.75) is 6.18 Å². The van der Waals surface area contributed by atoms with Crippen LogP contribution in [0.5, 0.6) is 0 Å². The molecule has 0 aliphatic rings. The molecule has 2 aromatic heterocycles. The Hall–Kier alpha value is -4.34. The first-order valence-electron chi connectivity index (χ1n) is 9.96. The van der Waals surface area contributed by atoms with Gasteiger partial charge in [0.05, 0.1) is 0 Å². The second-order valence-electron chi connectivity index (χ2n) is 7.59. The van der Waals surface area contributed by atoms with E-state index in [1.807, 2.05) is 0 Å². The Bertz CT molecular complexity index is 1550. The smallest absolute Gasteiger partial charge is 0.420 e. The van der Waals surface area contributed by atoms with E-state index in [1.165, 1.54) is 24.5 Å². The summed E-state index contributed by atoms with van der Waals surface area (Å²) in [4.78, 5) is 15.3. The molecule has 3 aromatic carbocycles. The summed E-state index contributed by atoms with van der Waals surface area (Å²) in [5.41, 5.74) is 0.390. The van der Waals surface area contributed by atoms with Gasteiger partial charge in [-0.2, -0.15) is 13.2 Å². The lowest BCUT2D eigenvalue weighted by Crippen LogP contribution is -2.06. The molecule has 0 N–H and O–H groups in total. The van der Waals surface area contributed by atoms with Gasteiger partial charge in [0.2, 0.25) is 5.89 Å². The maximum absolute atomic E-state index is 14.0. The molecule has 10 heteroatoms. The van der Waals surface area contributed by atoms with Crippen LogP contribution in [0.1, 0.15) is 15.9 Å². The fourth-order valence-electron chi connectivity index (χ4n) is 3.76. The minimum atomic E-state index is -4.73. The van der Waals surface area contributed by atoms with E-state index in [1.54, 1.807) is 41.9 Å². The molecule has 34 heavy (non-hydrogen) atoms. The number of alkyl halides is 3. The van der Waals surface area contributed by atoms with Crippen molar-refractivity contribution < 1.29 is 26.8 Å². The molecule has 5 aromatic rings. The lowest BCUT2D eigenvalue weighted by atomic mass is 9.97. The third-order valence-electron chi connectivity index (χ3n) is 5.31. The first-order valence-corrected chi connectivity index (χ1v) is 9.96. The van der Waals surface area contributed by atoms with Crippen LogP contribution in [0.3, 0.4) is 0 Å². The quantitative estimate of drug-likeness (QED) is 0.243. The average Bonchev–Trinajstić information content (AvgIpc) is 3.43. The van der Waals surface area contributed by atoms with Gasteiger partial charge in [0.25, 0.3) is 0 Å². The lowest BCUT2D eigenvalue weighted by Gasteiger charge is -2.10. The fourth-order valence-corrected chi connectivity index (χ4v) is 3.76. The maximum atomic E-state index is 14.0. The highest BCUT2D eigenvalue weighted by atomic mass is 19.4. The molecule has 0 aliphatic heterocycles. The van der Waals surface area contributed by atoms with Gasteiger partial charge in [-0.25, -0.2) is 9.37 Å². The van der Waals surface area contributed by atoms with Crippen LogP contribution in [0.4, 0.5) is 17.6 Å². The molecule has 0 radical (unpaired) electrons. The van der Waals surface area contributed by atoms with Crippen molar-refractivity contribution in [2.75, 3.05) is 0 Å². The Labute approximate surface area is 189 Å². The van der Waals surface area contributed by atoms with Gasteiger partial charge in [0.1, 0.15) is 29.5 Å². The number of halogens is 4. The van der Waals surface area contributed by atoms with Gasteiger partial charge in [-0.15, -0.1) is 10.2 Å². The summed E-state index contributed by atoms with van der Waals surface area (Å²) in [5, 5.41) is 7.90. The van der Waals surface area contributed by atoms with Gasteiger partial charge in [-0.1, -0.05) is 18.2 Å². The molecule has 2 heterocycles. The van der Waals surface area contributed by atoms with Crippen molar-refractivity contribution in [3.05, 3.63) is 77.9 Å². The Morgan fingerprint density at radius 2 is 1.79 bits per heavy atom. The van der Waals surface area contributed by atoms with Crippen molar-refractivity contribution >= 4 is 17.4 Å². The van der Waals surface area contributed by atoms with Crippen molar-refractivity contribution in [1.82, 2.24) is 19.7 Å². The SMILES string of the molecule is Cn1cnnc1-c1cc(F)ccc1-c1cccc(-c2nc3cc(C=O)cc(C(F)(F)F)c3o2)c1. The van der Waals surface area contributed by atoms with Crippen molar-refractivity contribution in [3.8, 4) is 34.0 Å². The van der Waals surface area contributed by atoms with Crippen LogP contribution < -0.4 is 0 Å². The van der Waals surface area contributed by atoms with Crippen LogP contribution in [-0.2, 0) is 13.2 Å². The standard InChI is InChI=1S/C24H14F4N4O2/c1-32-12-29-31-22(32)18-10-16(25)5-6-17(18)14-3-2-4-15(9-14)23-30-20-8-13(11-33)7-19(21(20)34-23)24(26,27)28/h2-12H,1H3. The number of aldehydes is 1. The van der Waals surface area contributed by atoms with E-state index in [2.05, 4.69) is 15.2 Å². The number of carbonyl (C=O) groups excluding carboxylic acids is 1. The molecule has 0 aliphatic carbocycles. The van der Waals surface area contributed by atoms with E-state index < -0.39 is 23.1 Å². The molecule has 0 unspecified atom stereocenters. The highest BCUT2D eigenvalue weighted by Crippen LogP contribution is 2.38. The summed E-state index contributed by atoms with van der Waals surface area (Å²) in [6.45, 7) is 0. The van der Waals surface area contributed by atoms with Crippen molar-refractivity contribution in [1.29, 1.82) is 0 Å². The van der Waals surface area contributed by atoms with Gasteiger partial charge in [0, 0.05) is 23.7 Å². The zero-order valence-electron chi connectivity index (χ0n) is 17.5. The first-order chi connectivity index (χ1) is 16.2. The summed E-state index contributed by atoms with van der Waals surface area (Å²) >= 11 is 0. The largest absolute Gasteiger partial charge is 0.435 e. The molecule has 0 saturated heterocycles. The Kier molecular flexibility index (Phi) is 5.00. The first kappa shape index (κ1) is 21.5. The van der Waals surface area contributed by atoms with Crippen LogP contribution in [0.2, 0.25) is 0 Å². The van der Waals surface area contributed by atoms with Crippen LogP contribution in [-0.4, -0.2) is 26.0 Å². The molecular formula is C24H14F4N4O2. The molecule has 0 saturated carbocycles. The Morgan fingerprint density at radius 1 is 1.00 bits per heavy atom. The number of fused-ring (bicyclic) bond motifs is 1. The predicted octanol–water partition coefficient (Wildman–Crippen LogP) is 5.93. The maximum Gasteiger partial charge on any atom is 0.420 e. The number of rotatable bonds is 4. The Morgan fingerprint density at radius 3 is 2.50 bits per heavy atom. The predicted molar refractivity (Wildman–Crippen MR) is 115 cm³/mol.